The largest absolute Gasteiger partial charge is 0.326 e. The molecule has 1 aromatic rings. The van der Waals surface area contributed by atoms with Crippen molar-refractivity contribution in [3.8, 4) is 0 Å². The highest BCUT2D eigenvalue weighted by atomic mass is 35.5. The molecule has 1 fully saturated rings. The van der Waals surface area contributed by atoms with E-state index >= 15 is 0 Å². The molecule has 2 heterocycles. The summed E-state index contributed by atoms with van der Waals surface area (Å²) >= 11 is 1.72. The minimum Gasteiger partial charge on any atom is -0.326 e. The van der Waals surface area contributed by atoms with Gasteiger partial charge in [-0.15, -0.1) is 23.7 Å². The lowest BCUT2D eigenvalue weighted by Gasteiger charge is -2.12. The molecule has 13 heavy (non-hydrogen) atoms. The van der Waals surface area contributed by atoms with Crippen LogP contribution in [-0.2, 0) is 6.54 Å². The van der Waals surface area contributed by atoms with Crippen molar-refractivity contribution in [1.82, 2.24) is 9.88 Å². The Hall–Kier alpha value is -0.160. The molecule has 2 N–H and O–H groups in total. The van der Waals surface area contributed by atoms with E-state index in [1.807, 2.05) is 11.7 Å². The van der Waals surface area contributed by atoms with Gasteiger partial charge in [-0.1, -0.05) is 0 Å². The third-order valence-corrected chi connectivity index (χ3v) is 2.94. The van der Waals surface area contributed by atoms with Gasteiger partial charge >= 0.3 is 0 Å². The molecule has 0 aliphatic carbocycles. The second kappa shape index (κ2) is 4.91. The van der Waals surface area contributed by atoms with E-state index in [9.17, 15) is 0 Å². The van der Waals surface area contributed by atoms with Gasteiger partial charge in [-0.2, -0.15) is 0 Å². The first-order valence-corrected chi connectivity index (χ1v) is 5.08. The predicted molar refractivity (Wildman–Crippen MR) is 57.2 cm³/mol. The van der Waals surface area contributed by atoms with E-state index in [1.54, 1.807) is 11.3 Å². The SMILES string of the molecule is Cl.N[C@H]1CCN(Cc2cncs2)C1. The molecule has 3 nitrogen and oxygen atoms in total. The number of hydrogen-bond donors (Lipinski definition) is 1. The second-order valence-electron chi connectivity index (χ2n) is 3.25. The van der Waals surface area contributed by atoms with Gasteiger partial charge in [0, 0.05) is 36.8 Å². The highest BCUT2D eigenvalue weighted by Gasteiger charge is 2.18. The van der Waals surface area contributed by atoms with Crippen molar-refractivity contribution in [2.24, 2.45) is 5.73 Å². The Kier molecular flexibility index (Phi) is 4.12. The van der Waals surface area contributed by atoms with E-state index in [2.05, 4.69) is 9.88 Å². The van der Waals surface area contributed by atoms with E-state index in [1.165, 1.54) is 4.88 Å². The number of thiazole rings is 1. The molecule has 1 atom stereocenters. The van der Waals surface area contributed by atoms with Crippen molar-refractivity contribution in [2.75, 3.05) is 13.1 Å². The van der Waals surface area contributed by atoms with Crippen LogP contribution in [0.25, 0.3) is 0 Å². The third kappa shape index (κ3) is 2.91. The summed E-state index contributed by atoms with van der Waals surface area (Å²) in [5.41, 5.74) is 7.68. The van der Waals surface area contributed by atoms with Crippen molar-refractivity contribution in [3.05, 3.63) is 16.6 Å². The summed E-state index contributed by atoms with van der Waals surface area (Å²) in [6, 6.07) is 0.387. The van der Waals surface area contributed by atoms with Crippen LogP contribution in [0, 0.1) is 0 Å². The molecule has 0 unspecified atom stereocenters. The summed E-state index contributed by atoms with van der Waals surface area (Å²) in [4.78, 5) is 7.77. The number of aromatic nitrogens is 1. The Bertz CT molecular complexity index is 240. The fourth-order valence-corrected chi connectivity index (χ4v) is 2.18. The lowest BCUT2D eigenvalue weighted by Crippen LogP contribution is -2.25. The smallest absolute Gasteiger partial charge is 0.0794 e. The topological polar surface area (TPSA) is 42.1 Å². The maximum atomic E-state index is 5.80. The number of halogens is 1. The number of rotatable bonds is 2. The molecule has 0 aromatic carbocycles. The summed E-state index contributed by atoms with van der Waals surface area (Å²) < 4.78 is 0. The quantitative estimate of drug-likeness (QED) is 0.810. The summed E-state index contributed by atoms with van der Waals surface area (Å²) in [5, 5.41) is 0. The van der Waals surface area contributed by atoms with Crippen molar-refractivity contribution >= 4 is 23.7 Å². The molecule has 0 radical (unpaired) electrons. The molecule has 74 valence electrons. The zero-order chi connectivity index (χ0) is 8.39. The van der Waals surface area contributed by atoms with Crippen LogP contribution < -0.4 is 5.73 Å². The summed E-state index contributed by atoms with van der Waals surface area (Å²) in [5.74, 6) is 0. The van der Waals surface area contributed by atoms with E-state index in [0.29, 0.717) is 6.04 Å². The number of nitrogens with zero attached hydrogens (tertiary/aromatic N) is 2. The Balaban J connectivity index is 0.000000845. The molecular formula is C8H14ClN3S. The van der Waals surface area contributed by atoms with Crippen molar-refractivity contribution in [1.29, 1.82) is 0 Å². The Morgan fingerprint density at radius 2 is 2.54 bits per heavy atom. The van der Waals surface area contributed by atoms with Gasteiger partial charge in [-0.05, 0) is 6.42 Å². The van der Waals surface area contributed by atoms with Crippen molar-refractivity contribution in [3.63, 3.8) is 0 Å². The predicted octanol–water partition coefficient (Wildman–Crippen LogP) is 1.10. The summed E-state index contributed by atoms with van der Waals surface area (Å²) in [7, 11) is 0. The molecule has 1 aliphatic heterocycles. The molecule has 2 rings (SSSR count). The van der Waals surface area contributed by atoms with Gasteiger partial charge in [-0.3, -0.25) is 9.88 Å². The van der Waals surface area contributed by atoms with Crippen molar-refractivity contribution < 1.29 is 0 Å². The zero-order valence-electron chi connectivity index (χ0n) is 7.35. The monoisotopic (exact) mass is 219 g/mol. The Morgan fingerprint density at radius 3 is 3.08 bits per heavy atom. The molecule has 0 bridgehead atoms. The zero-order valence-corrected chi connectivity index (χ0v) is 8.98. The lowest BCUT2D eigenvalue weighted by atomic mass is 10.3. The van der Waals surface area contributed by atoms with Crippen molar-refractivity contribution in [2.45, 2.75) is 19.0 Å². The maximum absolute atomic E-state index is 5.80. The summed E-state index contributed by atoms with van der Waals surface area (Å²) in [6.07, 6.45) is 3.08. The molecule has 1 saturated heterocycles. The van der Waals surface area contributed by atoms with Crippen LogP contribution in [0.1, 0.15) is 11.3 Å². The minimum atomic E-state index is 0. The molecule has 0 amide bonds. The van der Waals surface area contributed by atoms with Gasteiger partial charge < -0.3 is 5.73 Å². The average molecular weight is 220 g/mol. The first-order chi connectivity index (χ1) is 5.84. The van der Waals surface area contributed by atoms with Gasteiger partial charge in [0.2, 0.25) is 0 Å². The second-order valence-corrected chi connectivity index (χ2v) is 4.22. The summed E-state index contributed by atoms with van der Waals surface area (Å²) in [6.45, 7) is 3.20. The number of nitrogens with two attached hydrogens (primary N) is 1. The first kappa shape index (κ1) is 10.9. The van der Waals surface area contributed by atoms with Gasteiger partial charge in [-0.25, -0.2) is 0 Å². The van der Waals surface area contributed by atoms with Crippen LogP contribution in [0.3, 0.4) is 0 Å². The van der Waals surface area contributed by atoms with Crippen LogP contribution in [0.4, 0.5) is 0 Å². The Morgan fingerprint density at radius 1 is 1.69 bits per heavy atom. The standard InChI is InChI=1S/C8H13N3S.ClH/c9-7-1-2-11(4-7)5-8-3-10-6-12-8;/h3,6-7H,1-2,4-5,9H2;1H/t7-;/m0./s1. The van der Waals surface area contributed by atoms with E-state index in [4.69, 9.17) is 5.73 Å². The number of likely N-dealkylation sites (tertiary alicyclic amines) is 1. The van der Waals surface area contributed by atoms with Gasteiger partial charge in [0.25, 0.3) is 0 Å². The van der Waals surface area contributed by atoms with Gasteiger partial charge in [0.1, 0.15) is 0 Å². The fraction of sp³-hybridized carbons (Fsp3) is 0.625. The average Bonchev–Trinajstić information content (AvgIpc) is 2.63. The molecule has 1 aromatic heterocycles. The van der Waals surface area contributed by atoms with Crippen LogP contribution >= 0.6 is 23.7 Å². The van der Waals surface area contributed by atoms with Gasteiger partial charge in [0.15, 0.2) is 0 Å². The fourth-order valence-electron chi connectivity index (χ4n) is 1.55. The van der Waals surface area contributed by atoms with Gasteiger partial charge in [0.05, 0.1) is 5.51 Å². The third-order valence-electron chi connectivity index (χ3n) is 2.17. The molecule has 1 aliphatic rings. The first-order valence-electron chi connectivity index (χ1n) is 4.20. The van der Waals surface area contributed by atoms with E-state index in [0.717, 1.165) is 26.1 Å². The minimum absolute atomic E-state index is 0. The molecular weight excluding hydrogens is 206 g/mol. The van der Waals surface area contributed by atoms with E-state index < -0.39 is 0 Å². The molecule has 5 heteroatoms. The van der Waals surface area contributed by atoms with E-state index in [-0.39, 0.29) is 12.4 Å². The normalized spacial score (nSPS) is 23.0. The Labute approximate surface area is 88.4 Å². The number of hydrogen-bond acceptors (Lipinski definition) is 4. The van der Waals surface area contributed by atoms with Crippen LogP contribution in [-0.4, -0.2) is 29.0 Å². The highest BCUT2D eigenvalue weighted by Crippen LogP contribution is 2.14. The molecule has 0 spiro atoms. The molecule has 0 saturated carbocycles. The maximum Gasteiger partial charge on any atom is 0.0794 e. The van der Waals surface area contributed by atoms with Crippen LogP contribution in [0.5, 0.6) is 0 Å². The van der Waals surface area contributed by atoms with Crippen LogP contribution in [0.15, 0.2) is 11.7 Å². The highest BCUT2D eigenvalue weighted by molar-refractivity contribution is 7.09. The lowest BCUT2D eigenvalue weighted by molar-refractivity contribution is 0.329. The van der Waals surface area contributed by atoms with Crippen LogP contribution in [0.2, 0.25) is 0 Å².